The van der Waals surface area contributed by atoms with E-state index >= 15 is 0 Å². The van der Waals surface area contributed by atoms with E-state index in [1.54, 1.807) is 6.07 Å². The van der Waals surface area contributed by atoms with Gasteiger partial charge in [0.2, 0.25) is 5.91 Å². The second kappa shape index (κ2) is 6.82. The minimum atomic E-state index is -0.355. The van der Waals surface area contributed by atoms with Crippen molar-refractivity contribution in [2.45, 2.75) is 51.0 Å². The van der Waals surface area contributed by atoms with E-state index in [0.29, 0.717) is 6.42 Å². The molecular weight excluding hydrogens is 314 g/mol. The summed E-state index contributed by atoms with van der Waals surface area (Å²) in [5.74, 6) is 0.135. The topological polar surface area (TPSA) is 66.1 Å². The number of hydrogen-bond acceptors (Lipinski definition) is 3. The Kier molecular flexibility index (Phi) is 4.38. The number of benzene rings is 1. The lowest BCUT2D eigenvalue weighted by atomic mass is 9.90. The van der Waals surface area contributed by atoms with Gasteiger partial charge in [0.05, 0.1) is 12.5 Å². The number of amides is 1. The summed E-state index contributed by atoms with van der Waals surface area (Å²) in [6.45, 7) is 0.749. The Bertz CT molecular complexity index is 843. The molecule has 5 nitrogen and oxygen atoms in total. The van der Waals surface area contributed by atoms with Crippen molar-refractivity contribution in [2.24, 2.45) is 0 Å². The second-order valence-electron chi connectivity index (χ2n) is 7.06. The van der Waals surface area contributed by atoms with E-state index in [1.165, 1.54) is 30.2 Å². The molecular formula is C20H23N3O2. The van der Waals surface area contributed by atoms with Gasteiger partial charge in [-0.2, -0.15) is 0 Å². The Balaban J connectivity index is 1.51. The van der Waals surface area contributed by atoms with Crippen LogP contribution in [0.5, 0.6) is 0 Å². The van der Waals surface area contributed by atoms with Crippen molar-refractivity contribution in [1.29, 1.82) is 0 Å². The molecule has 5 heteroatoms. The lowest BCUT2D eigenvalue weighted by Crippen LogP contribution is -2.33. The number of aryl methyl sites for hydroxylation is 2. The van der Waals surface area contributed by atoms with Gasteiger partial charge in [0.1, 0.15) is 0 Å². The molecule has 1 N–H and O–H groups in total. The number of rotatable bonds is 3. The molecule has 1 amide bonds. The number of fused-ring (bicyclic) bond motifs is 1. The van der Waals surface area contributed by atoms with Crippen LogP contribution in [0.2, 0.25) is 0 Å². The number of carbonyl (C=O) groups is 1. The maximum absolute atomic E-state index is 12.9. The van der Waals surface area contributed by atoms with Gasteiger partial charge in [-0.25, -0.2) is 9.78 Å². The molecule has 25 heavy (non-hydrogen) atoms. The van der Waals surface area contributed by atoms with E-state index in [4.69, 9.17) is 0 Å². The zero-order valence-electron chi connectivity index (χ0n) is 14.3. The summed E-state index contributed by atoms with van der Waals surface area (Å²) in [5, 5.41) is 0. The third-order valence-electron chi connectivity index (χ3n) is 5.40. The van der Waals surface area contributed by atoms with E-state index in [1.807, 2.05) is 4.90 Å². The highest BCUT2D eigenvalue weighted by Crippen LogP contribution is 2.31. The molecule has 1 saturated heterocycles. The fraction of sp³-hybridized carbons (Fsp3) is 0.450. The molecule has 1 fully saturated rings. The molecule has 1 aromatic heterocycles. The molecule has 1 aliphatic heterocycles. The van der Waals surface area contributed by atoms with Crippen molar-refractivity contribution in [3.63, 3.8) is 0 Å². The van der Waals surface area contributed by atoms with Gasteiger partial charge >= 0.3 is 5.69 Å². The predicted octanol–water partition coefficient (Wildman–Crippen LogP) is 2.55. The number of nitrogens with one attached hydrogen (secondary N) is 1. The van der Waals surface area contributed by atoms with Gasteiger partial charge < -0.3 is 9.88 Å². The predicted molar refractivity (Wildman–Crippen MR) is 95.3 cm³/mol. The number of aromatic amines is 1. The standard InChI is InChI=1S/C20H23N3O2/c24-19(13-14-7-8-15-4-1-2-5-16(15)12-14)23-11-3-6-18(23)17-9-10-21-20(25)22-17/h7-10,12,18H,1-6,11,13H2,(H,21,22,25)/t18-/m1/s1. The third-order valence-corrected chi connectivity index (χ3v) is 5.40. The van der Waals surface area contributed by atoms with Gasteiger partial charge in [0, 0.05) is 18.4 Å². The summed E-state index contributed by atoms with van der Waals surface area (Å²) in [6.07, 6.45) is 8.59. The smallest absolute Gasteiger partial charge is 0.334 e. The molecule has 4 rings (SSSR count). The minimum Gasteiger partial charge on any atom is -0.334 e. The molecule has 1 atom stereocenters. The maximum Gasteiger partial charge on any atom is 0.345 e. The Morgan fingerprint density at radius 3 is 2.84 bits per heavy atom. The Labute approximate surface area is 147 Å². The van der Waals surface area contributed by atoms with E-state index in [0.717, 1.165) is 43.5 Å². The lowest BCUT2D eigenvalue weighted by Gasteiger charge is -2.25. The van der Waals surface area contributed by atoms with Crippen LogP contribution in [0.4, 0.5) is 0 Å². The van der Waals surface area contributed by atoms with Crippen molar-refractivity contribution in [3.8, 4) is 0 Å². The molecule has 130 valence electrons. The summed E-state index contributed by atoms with van der Waals surface area (Å²) < 4.78 is 0. The van der Waals surface area contributed by atoms with Crippen LogP contribution in [-0.2, 0) is 24.1 Å². The Morgan fingerprint density at radius 2 is 2.00 bits per heavy atom. The molecule has 1 aromatic carbocycles. The lowest BCUT2D eigenvalue weighted by molar-refractivity contribution is -0.131. The van der Waals surface area contributed by atoms with Crippen molar-refractivity contribution >= 4 is 5.91 Å². The van der Waals surface area contributed by atoms with E-state index < -0.39 is 0 Å². The molecule has 1 aliphatic carbocycles. The summed E-state index contributed by atoms with van der Waals surface area (Å²) in [4.78, 5) is 32.7. The number of aromatic nitrogens is 2. The zero-order valence-corrected chi connectivity index (χ0v) is 14.3. The number of hydrogen-bond donors (Lipinski definition) is 1. The molecule has 0 unspecified atom stereocenters. The summed E-state index contributed by atoms with van der Waals surface area (Å²) in [7, 11) is 0. The Morgan fingerprint density at radius 1 is 1.16 bits per heavy atom. The van der Waals surface area contributed by atoms with Gasteiger partial charge in [0.15, 0.2) is 0 Å². The molecule has 2 aliphatic rings. The van der Waals surface area contributed by atoms with Gasteiger partial charge in [-0.3, -0.25) is 4.79 Å². The van der Waals surface area contributed by atoms with E-state index in [2.05, 4.69) is 28.2 Å². The Hall–Kier alpha value is -2.43. The average molecular weight is 337 g/mol. The highest BCUT2D eigenvalue weighted by molar-refractivity contribution is 5.79. The highest BCUT2D eigenvalue weighted by atomic mass is 16.2. The number of carbonyl (C=O) groups excluding carboxylic acids is 1. The average Bonchev–Trinajstić information content (AvgIpc) is 3.11. The first-order chi connectivity index (χ1) is 12.2. The van der Waals surface area contributed by atoms with Crippen LogP contribution in [0.15, 0.2) is 35.3 Å². The summed E-state index contributed by atoms with van der Waals surface area (Å²) >= 11 is 0. The van der Waals surface area contributed by atoms with Crippen LogP contribution in [0, 0.1) is 0 Å². The highest BCUT2D eigenvalue weighted by Gasteiger charge is 2.30. The largest absolute Gasteiger partial charge is 0.345 e. The van der Waals surface area contributed by atoms with E-state index in [-0.39, 0.29) is 17.6 Å². The van der Waals surface area contributed by atoms with Crippen molar-refractivity contribution in [3.05, 3.63) is 63.3 Å². The van der Waals surface area contributed by atoms with Crippen molar-refractivity contribution in [1.82, 2.24) is 14.9 Å². The van der Waals surface area contributed by atoms with Gasteiger partial charge in [-0.1, -0.05) is 18.2 Å². The molecule has 0 bridgehead atoms. The van der Waals surface area contributed by atoms with Gasteiger partial charge in [-0.15, -0.1) is 0 Å². The third kappa shape index (κ3) is 3.36. The first kappa shape index (κ1) is 16.1. The van der Waals surface area contributed by atoms with Gasteiger partial charge in [-0.05, 0) is 61.3 Å². The monoisotopic (exact) mass is 337 g/mol. The molecule has 0 spiro atoms. The molecule has 2 heterocycles. The van der Waals surface area contributed by atoms with Crippen molar-refractivity contribution in [2.75, 3.05) is 6.54 Å². The number of nitrogens with zero attached hydrogens (tertiary/aromatic N) is 2. The minimum absolute atomic E-state index is 0.0409. The van der Waals surface area contributed by atoms with Gasteiger partial charge in [0.25, 0.3) is 0 Å². The zero-order chi connectivity index (χ0) is 17.2. The van der Waals surface area contributed by atoms with Crippen LogP contribution in [0.3, 0.4) is 0 Å². The SMILES string of the molecule is O=C(Cc1ccc2c(c1)CCCC2)N1CCC[C@@H]1c1ccnc(=O)[nH]1. The maximum atomic E-state index is 12.9. The molecule has 0 saturated carbocycles. The van der Waals surface area contributed by atoms with Crippen molar-refractivity contribution < 1.29 is 4.79 Å². The fourth-order valence-electron chi connectivity index (χ4n) is 4.14. The quantitative estimate of drug-likeness (QED) is 0.936. The molecule has 0 radical (unpaired) electrons. The summed E-state index contributed by atoms with van der Waals surface area (Å²) in [6, 6.07) is 8.27. The summed E-state index contributed by atoms with van der Waals surface area (Å²) in [5.41, 5.74) is 4.38. The van der Waals surface area contributed by atoms with Crippen LogP contribution < -0.4 is 5.69 Å². The van der Waals surface area contributed by atoms with Crippen LogP contribution >= 0.6 is 0 Å². The number of likely N-dealkylation sites (tertiary alicyclic amines) is 1. The number of H-pyrrole nitrogens is 1. The second-order valence-corrected chi connectivity index (χ2v) is 7.06. The molecule has 2 aromatic rings. The normalized spacial score (nSPS) is 19.7. The van der Waals surface area contributed by atoms with Crippen LogP contribution in [0.1, 0.15) is 54.1 Å². The first-order valence-corrected chi connectivity index (χ1v) is 9.16. The first-order valence-electron chi connectivity index (χ1n) is 9.16. The van der Waals surface area contributed by atoms with E-state index in [9.17, 15) is 9.59 Å². The fourth-order valence-corrected chi connectivity index (χ4v) is 4.14. The van der Waals surface area contributed by atoms with Crippen LogP contribution in [-0.4, -0.2) is 27.3 Å². The van der Waals surface area contributed by atoms with Crippen LogP contribution in [0.25, 0.3) is 0 Å².